The Balaban J connectivity index is 2.77. The van der Waals surface area contributed by atoms with Crippen LogP contribution in [0.3, 0.4) is 0 Å². The van der Waals surface area contributed by atoms with Crippen molar-refractivity contribution in [3.8, 4) is 0 Å². The molecule has 0 aliphatic rings. The second-order valence-electron chi connectivity index (χ2n) is 3.58. The molecule has 0 bridgehead atoms. The third-order valence-corrected chi connectivity index (χ3v) is 2.50. The van der Waals surface area contributed by atoms with Gasteiger partial charge in [0.25, 0.3) is 0 Å². The highest BCUT2D eigenvalue weighted by Gasteiger charge is 2.13. The molecule has 0 heterocycles. The molecule has 0 fully saturated rings. The van der Waals surface area contributed by atoms with Gasteiger partial charge in [-0.15, -0.1) is 0 Å². The van der Waals surface area contributed by atoms with Crippen molar-refractivity contribution in [3.63, 3.8) is 0 Å². The van der Waals surface area contributed by atoms with Crippen LogP contribution in [0.25, 0.3) is 0 Å². The van der Waals surface area contributed by atoms with E-state index in [1.807, 2.05) is 0 Å². The van der Waals surface area contributed by atoms with E-state index in [0.717, 1.165) is 18.9 Å². The van der Waals surface area contributed by atoms with Crippen LogP contribution in [-0.4, -0.2) is 31.1 Å². The zero-order valence-corrected chi connectivity index (χ0v) is 11.0. The zero-order valence-electron chi connectivity index (χ0n) is 10.3. The van der Waals surface area contributed by atoms with Gasteiger partial charge in [-0.2, -0.15) is 0 Å². The predicted octanol–water partition coefficient (Wildman–Crippen LogP) is 2.87. The van der Waals surface area contributed by atoms with E-state index in [4.69, 9.17) is 11.6 Å². The van der Waals surface area contributed by atoms with Crippen molar-refractivity contribution >= 4 is 23.8 Å². The fraction of sp³-hybridized carbons (Fsp3) is 0.231. The first-order valence-electron chi connectivity index (χ1n) is 5.39. The molecule has 6 heteroatoms. The molecule has 0 radical (unpaired) electrons. The number of aliphatic hydroxyl groups is 1. The Bertz CT molecular complexity index is 497. The molecule has 1 aromatic rings. The zero-order chi connectivity index (χ0) is 14.3. The monoisotopic (exact) mass is 285 g/mol. The Morgan fingerprint density at radius 2 is 2.11 bits per heavy atom. The lowest BCUT2D eigenvalue weighted by Gasteiger charge is -2.02. The molecular formula is C13H13ClFNO3. The molecule has 4 nitrogen and oxygen atoms in total. The van der Waals surface area contributed by atoms with Crippen molar-refractivity contribution in [3.05, 3.63) is 46.2 Å². The topological polar surface area (TPSA) is 58.9 Å². The largest absolute Gasteiger partial charge is 0.509 e. The molecule has 1 rings (SSSR count). The number of hydrogen-bond donors (Lipinski definition) is 1. The van der Waals surface area contributed by atoms with Crippen molar-refractivity contribution in [2.24, 2.45) is 4.99 Å². The average molecular weight is 286 g/mol. The van der Waals surface area contributed by atoms with Crippen LogP contribution in [0.5, 0.6) is 0 Å². The first-order chi connectivity index (χ1) is 9.08. The Hall–Kier alpha value is -1.88. The number of allylic oxidation sites excluding steroid dienone is 1. The van der Waals surface area contributed by atoms with E-state index in [9.17, 15) is 14.3 Å². The van der Waals surface area contributed by atoms with Gasteiger partial charge in [0.1, 0.15) is 18.0 Å². The number of aliphatic imine (C=N–C) groups is 1. The number of hydrogen-bond acceptors (Lipinski definition) is 4. The second kappa shape index (κ2) is 7.53. The number of benzene rings is 1. The summed E-state index contributed by atoms with van der Waals surface area (Å²) < 4.78 is 16.8. The summed E-state index contributed by atoms with van der Waals surface area (Å²) in [6.45, 7) is -0.880. The predicted molar refractivity (Wildman–Crippen MR) is 71.3 cm³/mol. The van der Waals surface area contributed by atoms with Gasteiger partial charge in [0.2, 0.25) is 0 Å². The highest BCUT2D eigenvalue weighted by molar-refractivity contribution is 6.30. The van der Waals surface area contributed by atoms with Gasteiger partial charge in [-0.25, -0.2) is 9.18 Å². The van der Waals surface area contributed by atoms with Gasteiger partial charge in [-0.05, 0) is 17.7 Å². The lowest BCUT2D eigenvalue weighted by atomic mass is 10.2. The molecule has 1 aromatic carbocycles. The molecule has 1 N–H and O–H groups in total. The van der Waals surface area contributed by atoms with Crippen LogP contribution in [-0.2, 0) is 16.1 Å². The van der Waals surface area contributed by atoms with Gasteiger partial charge >= 0.3 is 5.97 Å². The second-order valence-corrected chi connectivity index (χ2v) is 4.02. The number of nitrogens with zero attached hydrogens (tertiary/aromatic N) is 1. The highest BCUT2D eigenvalue weighted by Crippen LogP contribution is 2.10. The van der Waals surface area contributed by atoms with Gasteiger partial charge < -0.3 is 9.84 Å². The smallest absolute Gasteiger partial charge is 0.342 e. The van der Waals surface area contributed by atoms with E-state index in [1.165, 1.54) is 0 Å². The van der Waals surface area contributed by atoms with Crippen LogP contribution in [0.15, 0.2) is 40.6 Å². The number of alkyl halides is 1. The molecule has 0 amide bonds. The fourth-order valence-electron chi connectivity index (χ4n) is 1.26. The maximum absolute atomic E-state index is 12.3. The number of halogens is 2. The summed E-state index contributed by atoms with van der Waals surface area (Å²) in [5.74, 6) is -1.54. The molecule has 0 unspecified atom stereocenters. The normalized spacial score (nSPS) is 12.4. The molecule has 0 aliphatic carbocycles. The fourth-order valence-corrected chi connectivity index (χ4v) is 1.39. The van der Waals surface area contributed by atoms with E-state index in [1.54, 1.807) is 24.3 Å². The van der Waals surface area contributed by atoms with Crippen molar-refractivity contribution < 1.29 is 19.0 Å². The van der Waals surface area contributed by atoms with Crippen LogP contribution in [0.2, 0.25) is 5.02 Å². The van der Waals surface area contributed by atoms with Crippen molar-refractivity contribution in [1.82, 2.24) is 0 Å². The van der Waals surface area contributed by atoms with E-state index in [0.29, 0.717) is 5.02 Å². The van der Waals surface area contributed by atoms with Crippen molar-refractivity contribution in [2.75, 3.05) is 13.8 Å². The van der Waals surface area contributed by atoms with Gasteiger partial charge in [0, 0.05) is 11.2 Å². The molecule has 0 saturated carbocycles. The van der Waals surface area contributed by atoms with Gasteiger partial charge in [-0.3, -0.25) is 4.99 Å². The number of esters is 1. The van der Waals surface area contributed by atoms with Gasteiger partial charge in [0.15, 0.2) is 0 Å². The van der Waals surface area contributed by atoms with Crippen molar-refractivity contribution in [2.45, 2.75) is 6.54 Å². The maximum atomic E-state index is 12.3. The number of aliphatic hydroxyl groups excluding tert-OH is 1. The van der Waals surface area contributed by atoms with Crippen LogP contribution in [0, 0.1) is 0 Å². The summed E-state index contributed by atoms with van der Waals surface area (Å²) in [5, 5.41) is 9.86. The van der Waals surface area contributed by atoms with E-state index in [2.05, 4.69) is 9.73 Å². The van der Waals surface area contributed by atoms with Crippen LogP contribution < -0.4 is 0 Å². The summed E-state index contributed by atoms with van der Waals surface area (Å²) in [4.78, 5) is 15.2. The summed E-state index contributed by atoms with van der Waals surface area (Å²) in [6, 6.07) is 6.97. The quantitative estimate of drug-likeness (QED) is 0.392. The van der Waals surface area contributed by atoms with Crippen molar-refractivity contribution in [1.29, 1.82) is 0 Å². The lowest BCUT2D eigenvalue weighted by molar-refractivity contribution is -0.135. The molecule has 0 atom stereocenters. The summed E-state index contributed by atoms with van der Waals surface area (Å²) in [6.07, 6.45) is 1.09. The Labute approximate surface area is 115 Å². The molecule has 102 valence electrons. The number of methoxy groups -OCH3 is 1. The van der Waals surface area contributed by atoms with Crippen LogP contribution in [0.1, 0.15) is 5.56 Å². The van der Waals surface area contributed by atoms with E-state index in [-0.39, 0.29) is 12.1 Å². The summed E-state index contributed by atoms with van der Waals surface area (Å²) in [5.41, 5.74) is 0.573. The third-order valence-electron chi connectivity index (χ3n) is 2.25. The van der Waals surface area contributed by atoms with E-state index >= 15 is 0 Å². The Morgan fingerprint density at radius 3 is 2.63 bits per heavy atom. The Morgan fingerprint density at radius 1 is 1.47 bits per heavy atom. The summed E-state index contributed by atoms with van der Waals surface area (Å²) >= 11 is 5.74. The van der Waals surface area contributed by atoms with Crippen LogP contribution in [0.4, 0.5) is 4.39 Å². The first kappa shape index (κ1) is 15.2. The molecule has 0 aliphatic heterocycles. The van der Waals surface area contributed by atoms with Crippen LogP contribution >= 0.6 is 11.6 Å². The molecular weight excluding hydrogens is 273 g/mol. The maximum Gasteiger partial charge on any atom is 0.342 e. The number of ether oxygens (including phenoxy) is 1. The minimum Gasteiger partial charge on any atom is -0.509 e. The van der Waals surface area contributed by atoms with Gasteiger partial charge in [-0.1, -0.05) is 23.7 Å². The Kier molecular flexibility index (Phi) is 6.02. The SMILES string of the molecule is COC(=O)C(C=NCc1ccc(Cl)cc1)=C(O)CF. The molecule has 0 aromatic heterocycles. The highest BCUT2D eigenvalue weighted by atomic mass is 35.5. The lowest BCUT2D eigenvalue weighted by Crippen LogP contribution is -2.10. The first-order valence-corrected chi connectivity index (χ1v) is 5.77. The molecule has 19 heavy (non-hydrogen) atoms. The summed E-state index contributed by atoms with van der Waals surface area (Å²) in [7, 11) is 1.14. The number of rotatable bonds is 5. The molecule has 0 spiro atoms. The number of carbonyl (C=O) groups is 1. The standard InChI is InChI=1S/C13H13ClFNO3/c1-19-13(18)11(12(17)6-15)8-16-7-9-2-4-10(14)5-3-9/h2-5,8,17H,6-7H2,1H3. The number of carbonyl (C=O) groups excluding carboxylic acids is 1. The minimum absolute atomic E-state index is 0.275. The third kappa shape index (κ3) is 4.71. The van der Waals surface area contributed by atoms with Gasteiger partial charge in [0.05, 0.1) is 13.7 Å². The van der Waals surface area contributed by atoms with E-state index < -0.39 is 18.4 Å². The molecule has 0 saturated heterocycles. The minimum atomic E-state index is -1.16. The average Bonchev–Trinajstić information content (AvgIpc) is 2.44.